The fourth-order valence-electron chi connectivity index (χ4n) is 3.79. The van der Waals surface area contributed by atoms with Gasteiger partial charge < -0.3 is 14.5 Å². The normalized spacial score (nSPS) is 16.8. The number of rotatable bonds is 6. The number of aromatic amines is 1. The van der Waals surface area contributed by atoms with Gasteiger partial charge in [0.15, 0.2) is 6.10 Å². The Bertz CT molecular complexity index is 955. The Labute approximate surface area is 174 Å². The molecule has 2 atom stereocenters. The smallest absolute Gasteiger partial charge is 0.349 e. The third-order valence-corrected chi connectivity index (χ3v) is 6.56. The van der Waals surface area contributed by atoms with Crippen LogP contribution in [0.25, 0.3) is 0 Å². The van der Waals surface area contributed by atoms with Gasteiger partial charge in [-0.2, -0.15) is 0 Å². The van der Waals surface area contributed by atoms with Crippen molar-refractivity contribution < 1.29 is 23.9 Å². The lowest BCUT2D eigenvalue weighted by molar-refractivity contribution is 0.0321. The number of nitrogens with one attached hydrogen (secondary N) is 1. The second kappa shape index (κ2) is 8.53. The van der Waals surface area contributed by atoms with Crippen molar-refractivity contribution in [2.75, 3.05) is 6.61 Å². The van der Waals surface area contributed by atoms with Crippen molar-refractivity contribution in [2.24, 2.45) is 5.92 Å². The zero-order chi connectivity index (χ0) is 21.3. The molecule has 1 aliphatic carbocycles. The molecule has 0 amide bonds. The number of esters is 2. The van der Waals surface area contributed by atoms with Crippen LogP contribution in [0.2, 0.25) is 0 Å². The number of aryl methyl sites for hydroxylation is 2. The minimum Gasteiger partial charge on any atom is -0.462 e. The second-order valence-electron chi connectivity index (χ2n) is 7.66. The maximum atomic E-state index is 12.9. The van der Waals surface area contributed by atoms with E-state index in [4.69, 9.17) is 9.47 Å². The van der Waals surface area contributed by atoms with Gasteiger partial charge in [0.2, 0.25) is 5.78 Å². The van der Waals surface area contributed by atoms with Gasteiger partial charge in [-0.1, -0.05) is 6.92 Å². The summed E-state index contributed by atoms with van der Waals surface area (Å²) in [4.78, 5) is 42.3. The Morgan fingerprint density at radius 2 is 2.00 bits per heavy atom. The summed E-state index contributed by atoms with van der Waals surface area (Å²) >= 11 is 1.46. The van der Waals surface area contributed by atoms with E-state index in [0.29, 0.717) is 27.6 Å². The highest BCUT2D eigenvalue weighted by Gasteiger charge is 2.29. The lowest BCUT2D eigenvalue weighted by Gasteiger charge is -2.16. The van der Waals surface area contributed by atoms with E-state index >= 15 is 0 Å². The number of ketones is 1. The summed E-state index contributed by atoms with van der Waals surface area (Å²) in [5.41, 5.74) is 2.91. The maximum Gasteiger partial charge on any atom is 0.349 e. The molecular weight excluding hydrogens is 390 g/mol. The van der Waals surface area contributed by atoms with Gasteiger partial charge >= 0.3 is 11.9 Å². The topological polar surface area (TPSA) is 85.5 Å². The Morgan fingerprint density at radius 1 is 1.28 bits per heavy atom. The summed E-state index contributed by atoms with van der Waals surface area (Å²) in [6.45, 7) is 9.14. The van der Waals surface area contributed by atoms with Crippen LogP contribution >= 0.6 is 11.3 Å². The average molecular weight is 418 g/mol. The molecule has 0 spiro atoms. The number of hydrogen-bond donors (Lipinski definition) is 1. The van der Waals surface area contributed by atoms with Crippen molar-refractivity contribution in [3.05, 3.63) is 43.9 Å². The third-order valence-electron chi connectivity index (χ3n) is 5.35. The van der Waals surface area contributed by atoms with Gasteiger partial charge in [0, 0.05) is 10.6 Å². The summed E-state index contributed by atoms with van der Waals surface area (Å²) in [5.74, 6) is -0.705. The highest BCUT2D eigenvalue weighted by molar-refractivity contribution is 7.14. The minimum atomic E-state index is -0.965. The summed E-state index contributed by atoms with van der Waals surface area (Å²) in [7, 11) is 0. The standard InChI is InChI=1S/C22H27NO5S/c1-6-27-22(26)18-12(3)19(23-13(18)4)20(24)14(5)28-21(25)17-10-15-9-11(2)7-8-16(15)29-17/h10-11,14,23H,6-9H2,1-5H3/t11-,14+/m1/s1. The van der Waals surface area contributed by atoms with E-state index in [9.17, 15) is 14.4 Å². The van der Waals surface area contributed by atoms with Crippen LogP contribution in [0.3, 0.4) is 0 Å². The lowest BCUT2D eigenvalue weighted by Crippen LogP contribution is -2.25. The van der Waals surface area contributed by atoms with Gasteiger partial charge in [-0.25, -0.2) is 9.59 Å². The van der Waals surface area contributed by atoms with Gasteiger partial charge in [0.1, 0.15) is 4.88 Å². The average Bonchev–Trinajstić information content (AvgIpc) is 3.21. The van der Waals surface area contributed by atoms with E-state index in [1.165, 1.54) is 21.8 Å². The number of carbonyl (C=O) groups excluding carboxylic acids is 3. The predicted molar refractivity (Wildman–Crippen MR) is 111 cm³/mol. The van der Waals surface area contributed by atoms with Gasteiger partial charge in [-0.05, 0) is 70.1 Å². The molecule has 1 N–H and O–H groups in total. The van der Waals surface area contributed by atoms with E-state index < -0.39 is 18.0 Å². The molecule has 2 heterocycles. The summed E-state index contributed by atoms with van der Waals surface area (Å²) in [5, 5.41) is 0. The first kappa shape index (κ1) is 21.3. The second-order valence-corrected chi connectivity index (χ2v) is 8.80. The molecule has 2 aromatic heterocycles. The summed E-state index contributed by atoms with van der Waals surface area (Å²) in [6, 6.07) is 1.90. The number of carbonyl (C=O) groups is 3. The fourth-order valence-corrected chi connectivity index (χ4v) is 4.88. The van der Waals surface area contributed by atoms with Gasteiger partial charge in [0.05, 0.1) is 17.9 Å². The zero-order valence-electron chi connectivity index (χ0n) is 17.5. The summed E-state index contributed by atoms with van der Waals surface area (Å²) in [6.07, 6.45) is 2.13. The quantitative estimate of drug-likeness (QED) is 0.555. The largest absolute Gasteiger partial charge is 0.462 e. The molecule has 0 aliphatic heterocycles. The van der Waals surface area contributed by atoms with Crippen LogP contribution in [0.5, 0.6) is 0 Å². The Balaban J connectivity index is 1.73. The maximum absolute atomic E-state index is 12.9. The monoisotopic (exact) mass is 417 g/mol. The number of Topliss-reactive ketones (excluding diaryl/α,β-unsaturated/α-hetero) is 1. The molecule has 0 unspecified atom stereocenters. The Hall–Kier alpha value is -2.41. The zero-order valence-corrected chi connectivity index (χ0v) is 18.3. The number of aromatic nitrogens is 1. The third kappa shape index (κ3) is 4.29. The first-order valence-electron chi connectivity index (χ1n) is 9.95. The van der Waals surface area contributed by atoms with Crippen molar-refractivity contribution in [1.29, 1.82) is 0 Å². The number of fused-ring (bicyclic) bond motifs is 1. The molecule has 3 rings (SSSR count). The molecule has 0 bridgehead atoms. The Morgan fingerprint density at radius 3 is 2.69 bits per heavy atom. The molecule has 0 radical (unpaired) electrons. The number of ether oxygens (including phenoxy) is 2. The van der Waals surface area contributed by atoms with Gasteiger partial charge in [-0.3, -0.25) is 4.79 Å². The van der Waals surface area contributed by atoms with E-state index in [1.807, 2.05) is 6.07 Å². The van der Waals surface area contributed by atoms with Crippen LogP contribution in [0, 0.1) is 19.8 Å². The van der Waals surface area contributed by atoms with Crippen LogP contribution in [-0.4, -0.2) is 35.4 Å². The van der Waals surface area contributed by atoms with Gasteiger partial charge in [0.25, 0.3) is 0 Å². The molecule has 0 aromatic carbocycles. The van der Waals surface area contributed by atoms with Crippen molar-refractivity contribution in [3.8, 4) is 0 Å². The number of thiophene rings is 1. The van der Waals surface area contributed by atoms with Gasteiger partial charge in [-0.15, -0.1) is 11.3 Å². The highest BCUT2D eigenvalue weighted by Crippen LogP contribution is 2.32. The number of hydrogen-bond acceptors (Lipinski definition) is 6. The van der Waals surface area contributed by atoms with Crippen LogP contribution in [0.1, 0.15) is 79.4 Å². The molecule has 0 fully saturated rings. The molecule has 7 heteroatoms. The SMILES string of the molecule is CCOC(=O)c1c(C)[nH]c(C(=O)[C@H](C)OC(=O)c2cc3c(s2)CC[C@@H](C)C3)c1C. The molecule has 29 heavy (non-hydrogen) atoms. The van der Waals surface area contributed by atoms with E-state index in [-0.39, 0.29) is 18.1 Å². The molecule has 0 saturated carbocycles. The van der Waals surface area contributed by atoms with Crippen molar-refractivity contribution in [1.82, 2.24) is 4.98 Å². The molecule has 0 saturated heterocycles. The predicted octanol–water partition coefficient (Wildman–Crippen LogP) is 4.42. The molecule has 2 aromatic rings. The van der Waals surface area contributed by atoms with Crippen molar-refractivity contribution in [3.63, 3.8) is 0 Å². The molecule has 6 nitrogen and oxygen atoms in total. The minimum absolute atomic E-state index is 0.254. The fraction of sp³-hybridized carbons (Fsp3) is 0.500. The van der Waals surface area contributed by atoms with Crippen molar-refractivity contribution in [2.45, 2.75) is 60.0 Å². The first-order chi connectivity index (χ1) is 13.7. The van der Waals surface area contributed by atoms with Crippen LogP contribution < -0.4 is 0 Å². The molecular formula is C22H27NO5S. The van der Waals surface area contributed by atoms with Crippen LogP contribution in [-0.2, 0) is 22.3 Å². The van der Waals surface area contributed by atoms with E-state index in [2.05, 4.69) is 11.9 Å². The highest BCUT2D eigenvalue weighted by atomic mass is 32.1. The molecule has 156 valence electrons. The summed E-state index contributed by atoms with van der Waals surface area (Å²) < 4.78 is 10.5. The van der Waals surface area contributed by atoms with Crippen LogP contribution in [0.15, 0.2) is 6.07 Å². The number of H-pyrrole nitrogens is 1. The first-order valence-corrected chi connectivity index (χ1v) is 10.8. The van der Waals surface area contributed by atoms with Crippen molar-refractivity contribution >= 4 is 29.1 Å². The van der Waals surface area contributed by atoms with Crippen LogP contribution in [0.4, 0.5) is 0 Å². The Kier molecular flexibility index (Phi) is 6.27. The van der Waals surface area contributed by atoms with E-state index in [1.54, 1.807) is 27.7 Å². The lowest BCUT2D eigenvalue weighted by atomic mass is 9.90. The molecule has 1 aliphatic rings. The van der Waals surface area contributed by atoms with E-state index in [0.717, 1.165) is 19.3 Å².